The van der Waals surface area contributed by atoms with Gasteiger partial charge in [0, 0.05) is 31.5 Å². The van der Waals surface area contributed by atoms with Gasteiger partial charge in [-0.3, -0.25) is 9.59 Å². The lowest BCUT2D eigenvalue weighted by Gasteiger charge is -2.30. The molecule has 0 bridgehead atoms. The van der Waals surface area contributed by atoms with Crippen LogP contribution in [0.2, 0.25) is 5.02 Å². The number of aryl methyl sites for hydroxylation is 1. The Kier molecular flexibility index (Phi) is 8.12. The summed E-state index contributed by atoms with van der Waals surface area (Å²) in [6, 6.07) is 10.8. The van der Waals surface area contributed by atoms with E-state index in [1.54, 1.807) is 29.2 Å². The number of rotatable bonds is 9. The summed E-state index contributed by atoms with van der Waals surface area (Å²) in [5.41, 5.74) is 1.49. The highest BCUT2D eigenvalue weighted by molar-refractivity contribution is 6.33. The van der Waals surface area contributed by atoms with Gasteiger partial charge in [0.25, 0.3) is 5.91 Å². The highest BCUT2D eigenvalue weighted by atomic mass is 35.5. The number of carbonyl (C=O) groups excluding carboxylic acids is 2. The van der Waals surface area contributed by atoms with Gasteiger partial charge >= 0.3 is 0 Å². The minimum atomic E-state index is -0.219. The SMILES string of the molecule is CCCCN(Cc1cccn1C)C(=O)CN(C(=O)c1ccccc1Cl)C(C)C. The van der Waals surface area contributed by atoms with E-state index in [-0.39, 0.29) is 24.4 Å². The molecule has 2 amide bonds. The molecule has 5 nitrogen and oxygen atoms in total. The first-order chi connectivity index (χ1) is 13.3. The number of hydrogen-bond acceptors (Lipinski definition) is 2. The number of hydrogen-bond donors (Lipinski definition) is 0. The molecule has 0 radical (unpaired) electrons. The van der Waals surface area contributed by atoms with Crippen LogP contribution in [0.4, 0.5) is 0 Å². The molecule has 0 unspecified atom stereocenters. The fraction of sp³-hybridized carbons (Fsp3) is 0.455. The summed E-state index contributed by atoms with van der Waals surface area (Å²) in [4.78, 5) is 29.6. The van der Waals surface area contributed by atoms with Crippen molar-refractivity contribution in [2.45, 2.75) is 46.2 Å². The standard InChI is InChI=1S/C22H30ClN3O2/c1-5-6-14-25(15-18-10-9-13-24(18)4)21(27)16-26(17(2)3)22(28)19-11-7-8-12-20(19)23/h7-13,17H,5-6,14-16H2,1-4H3. The average Bonchev–Trinajstić information content (AvgIpc) is 3.07. The largest absolute Gasteiger partial charge is 0.353 e. The quantitative estimate of drug-likeness (QED) is 0.624. The Hall–Kier alpha value is -2.27. The lowest BCUT2D eigenvalue weighted by atomic mass is 10.1. The third kappa shape index (κ3) is 5.61. The van der Waals surface area contributed by atoms with E-state index in [1.807, 2.05) is 48.7 Å². The van der Waals surface area contributed by atoms with E-state index < -0.39 is 0 Å². The molecule has 0 aliphatic carbocycles. The number of aromatic nitrogens is 1. The van der Waals surface area contributed by atoms with Crippen molar-refractivity contribution in [1.29, 1.82) is 0 Å². The summed E-state index contributed by atoms with van der Waals surface area (Å²) in [6.45, 7) is 7.18. The van der Waals surface area contributed by atoms with Gasteiger partial charge in [-0.25, -0.2) is 0 Å². The number of nitrogens with zero attached hydrogens (tertiary/aromatic N) is 3. The van der Waals surface area contributed by atoms with E-state index >= 15 is 0 Å². The first-order valence-corrected chi connectivity index (χ1v) is 10.2. The van der Waals surface area contributed by atoms with Crippen molar-refractivity contribution in [3.05, 3.63) is 58.9 Å². The van der Waals surface area contributed by atoms with Gasteiger partial charge in [0.05, 0.1) is 17.1 Å². The van der Waals surface area contributed by atoms with E-state index in [0.717, 1.165) is 18.5 Å². The molecule has 1 heterocycles. The molecule has 1 aromatic carbocycles. The highest BCUT2D eigenvalue weighted by Crippen LogP contribution is 2.19. The molecule has 0 spiro atoms. The highest BCUT2D eigenvalue weighted by Gasteiger charge is 2.25. The van der Waals surface area contributed by atoms with Crippen molar-refractivity contribution in [2.75, 3.05) is 13.1 Å². The lowest BCUT2D eigenvalue weighted by Crippen LogP contribution is -2.46. The van der Waals surface area contributed by atoms with Crippen LogP contribution >= 0.6 is 11.6 Å². The monoisotopic (exact) mass is 403 g/mol. The van der Waals surface area contributed by atoms with Crippen molar-refractivity contribution >= 4 is 23.4 Å². The van der Waals surface area contributed by atoms with Crippen molar-refractivity contribution < 1.29 is 9.59 Å². The van der Waals surface area contributed by atoms with Crippen LogP contribution in [-0.2, 0) is 18.4 Å². The second-order valence-electron chi connectivity index (χ2n) is 7.29. The summed E-state index contributed by atoms with van der Waals surface area (Å²) in [6.07, 6.45) is 3.90. The normalized spacial score (nSPS) is 10.9. The van der Waals surface area contributed by atoms with Gasteiger partial charge < -0.3 is 14.4 Å². The van der Waals surface area contributed by atoms with Crippen LogP contribution in [0.1, 0.15) is 49.7 Å². The maximum Gasteiger partial charge on any atom is 0.256 e. The summed E-state index contributed by atoms with van der Waals surface area (Å²) in [5.74, 6) is -0.271. The molecule has 28 heavy (non-hydrogen) atoms. The van der Waals surface area contributed by atoms with E-state index in [9.17, 15) is 9.59 Å². The Morgan fingerprint density at radius 1 is 1.14 bits per heavy atom. The Balaban J connectivity index is 2.18. The number of amides is 2. The molecule has 1 aromatic heterocycles. The third-order valence-electron chi connectivity index (χ3n) is 4.83. The van der Waals surface area contributed by atoms with Crippen LogP contribution in [-0.4, -0.2) is 45.3 Å². The zero-order chi connectivity index (χ0) is 20.7. The number of benzene rings is 1. The van der Waals surface area contributed by atoms with Crippen molar-refractivity contribution in [3.8, 4) is 0 Å². The molecular weight excluding hydrogens is 374 g/mol. The smallest absolute Gasteiger partial charge is 0.256 e. The maximum absolute atomic E-state index is 13.1. The Bertz CT molecular complexity index is 801. The fourth-order valence-electron chi connectivity index (χ4n) is 3.02. The Labute approximate surface area is 172 Å². The molecule has 6 heteroatoms. The average molecular weight is 404 g/mol. The summed E-state index contributed by atoms with van der Waals surface area (Å²) < 4.78 is 2.02. The fourth-order valence-corrected chi connectivity index (χ4v) is 3.24. The number of halogens is 1. The van der Waals surface area contributed by atoms with Crippen molar-refractivity contribution in [2.24, 2.45) is 7.05 Å². The molecule has 0 fully saturated rings. The molecule has 0 atom stereocenters. The van der Waals surface area contributed by atoms with Gasteiger partial charge in [-0.1, -0.05) is 37.1 Å². The van der Waals surface area contributed by atoms with Crippen LogP contribution < -0.4 is 0 Å². The molecule has 0 aliphatic heterocycles. The molecule has 2 aromatic rings. The van der Waals surface area contributed by atoms with Gasteiger partial charge in [0.1, 0.15) is 6.54 Å². The third-order valence-corrected chi connectivity index (χ3v) is 5.16. The van der Waals surface area contributed by atoms with Gasteiger partial charge in [0.2, 0.25) is 5.91 Å². The molecule has 0 saturated heterocycles. The molecule has 152 valence electrons. The minimum absolute atomic E-state index is 0.0376. The number of unbranched alkanes of at least 4 members (excludes halogenated alkanes) is 1. The molecule has 0 aliphatic rings. The maximum atomic E-state index is 13.1. The van der Waals surface area contributed by atoms with E-state index in [0.29, 0.717) is 23.7 Å². The second-order valence-corrected chi connectivity index (χ2v) is 7.69. The van der Waals surface area contributed by atoms with Gasteiger partial charge in [-0.05, 0) is 44.5 Å². The van der Waals surface area contributed by atoms with E-state index in [4.69, 9.17) is 11.6 Å². The second kappa shape index (κ2) is 10.3. The predicted molar refractivity (Wildman–Crippen MR) is 113 cm³/mol. The van der Waals surface area contributed by atoms with Crippen LogP contribution in [0.15, 0.2) is 42.6 Å². The first-order valence-electron chi connectivity index (χ1n) is 9.78. The zero-order valence-electron chi connectivity index (χ0n) is 17.2. The van der Waals surface area contributed by atoms with Crippen LogP contribution in [0.3, 0.4) is 0 Å². The van der Waals surface area contributed by atoms with E-state index in [2.05, 4.69) is 6.92 Å². The first kappa shape index (κ1) is 22.0. The minimum Gasteiger partial charge on any atom is -0.353 e. The summed E-state index contributed by atoms with van der Waals surface area (Å²) in [7, 11) is 1.97. The van der Waals surface area contributed by atoms with Gasteiger partial charge in [-0.2, -0.15) is 0 Å². The number of carbonyl (C=O) groups is 2. The van der Waals surface area contributed by atoms with Gasteiger partial charge in [-0.15, -0.1) is 0 Å². The molecular formula is C22H30ClN3O2. The van der Waals surface area contributed by atoms with Crippen molar-refractivity contribution in [1.82, 2.24) is 14.4 Å². The van der Waals surface area contributed by atoms with E-state index in [1.165, 1.54) is 0 Å². The molecule has 0 N–H and O–H groups in total. The molecule has 2 rings (SSSR count). The summed E-state index contributed by atoms with van der Waals surface area (Å²) >= 11 is 6.20. The van der Waals surface area contributed by atoms with Crippen LogP contribution in [0, 0.1) is 0 Å². The van der Waals surface area contributed by atoms with Crippen molar-refractivity contribution in [3.63, 3.8) is 0 Å². The lowest BCUT2D eigenvalue weighted by molar-refractivity contribution is -0.133. The van der Waals surface area contributed by atoms with Crippen LogP contribution in [0.5, 0.6) is 0 Å². The summed E-state index contributed by atoms with van der Waals surface area (Å²) in [5, 5.41) is 0.400. The van der Waals surface area contributed by atoms with Crippen LogP contribution in [0.25, 0.3) is 0 Å². The zero-order valence-corrected chi connectivity index (χ0v) is 17.9. The predicted octanol–water partition coefficient (Wildman–Crippen LogP) is 4.36. The Morgan fingerprint density at radius 2 is 1.86 bits per heavy atom. The molecule has 0 saturated carbocycles. The van der Waals surface area contributed by atoms with Gasteiger partial charge in [0.15, 0.2) is 0 Å². The Morgan fingerprint density at radius 3 is 2.43 bits per heavy atom. The topological polar surface area (TPSA) is 45.6 Å².